The molecule has 0 radical (unpaired) electrons. The molecule has 3 nitrogen and oxygen atoms in total. The molecule has 1 atom stereocenters. The van der Waals surface area contributed by atoms with Gasteiger partial charge >= 0.3 is 0 Å². The van der Waals surface area contributed by atoms with E-state index >= 15 is 0 Å². The van der Waals surface area contributed by atoms with Crippen molar-refractivity contribution in [2.75, 3.05) is 38.6 Å². The van der Waals surface area contributed by atoms with E-state index in [9.17, 15) is 0 Å². The summed E-state index contributed by atoms with van der Waals surface area (Å²) in [5.41, 5.74) is 2.40. The fourth-order valence-corrected chi connectivity index (χ4v) is 3.43. The van der Waals surface area contributed by atoms with Crippen LogP contribution >= 0.6 is 11.6 Å². The monoisotopic (exact) mass is 309 g/mol. The quantitative estimate of drug-likeness (QED) is 0.897. The van der Waals surface area contributed by atoms with Gasteiger partial charge in [-0.05, 0) is 64.1 Å². The highest BCUT2D eigenvalue weighted by molar-refractivity contribution is 6.31. The van der Waals surface area contributed by atoms with E-state index in [1.54, 1.807) is 0 Å². The zero-order chi connectivity index (χ0) is 15.4. The Labute approximate surface area is 134 Å². The van der Waals surface area contributed by atoms with Gasteiger partial charge in [0.15, 0.2) is 0 Å². The van der Waals surface area contributed by atoms with Crippen LogP contribution in [0, 0.1) is 0 Å². The number of anilines is 1. The smallest absolute Gasteiger partial charge is 0.0474 e. The lowest BCUT2D eigenvalue weighted by atomic mass is 10.0. The number of nitrogens with one attached hydrogen (secondary N) is 1. The number of hydrogen-bond donors (Lipinski definition) is 1. The van der Waals surface area contributed by atoms with Crippen molar-refractivity contribution >= 4 is 17.3 Å². The van der Waals surface area contributed by atoms with E-state index < -0.39 is 0 Å². The Morgan fingerprint density at radius 2 is 2.05 bits per heavy atom. The Hall–Kier alpha value is -0.770. The highest BCUT2D eigenvalue weighted by Gasteiger charge is 2.21. The van der Waals surface area contributed by atoms with E-state index in [2.05, 4.69) is 61.3 Å². The molecule has 2 rings (SSSR count). The molecule has 1 unspecified atom stereocenters. The highest BCUT2D eigenvalue weighted by Crippen LogP contribution is 2.29. The molecular formula is C17H28ClN3. The molecule has 0 aromatic heterocycles. The standard InChI is InChI=1S/C17H28ClN3/c1-5-19-13(2)16-7-6-15(12-17(16)18)21(4)14-8-10-20(3)11-9-14/h6-7,12-14,19H,5,8-11H2,1-4H3. The zero-order valence-corrected chi connectivity index (χ0v) is 14.5. The lowest BCUT2D eigenvalue weighted by molar-refractivity contribution is 0.253. The number of likely N-dealkylation sites (tertiary alicyclic amines) is 1. The fourth-order valence-electron chi connectivity index (χ4n) is 3.10. The molecule has 4 heteroatoms. The summed E-state index contributed by atoms with van der Waals surface area (Å²) in [4.78, 5) is 4.79. The summed E-state index contributed by atoms with van der Waals surface area (Å²) >= 11 is 6.49. The van der Waals surface area contributed by atoms with Gasteiger partial charge in [0.2, 0.25) is 0 Å². The summed E-state index contributed by atoms with van der Waals surface area (Å²) in [5.74, 6) is 0. The summed E-state index contributed by atoms with van der Waals surface area (Å²) in [6, 6.07) is 7.40. The van der Waals surface area contributed by atoms with E-state index in [1.165, 1.54) is 37.2 Å². The maximum atomic E-state index is 6.49. The molecule has 0 aliphatic carbocycles. The first-order valence-electron chi connectivity index (χ1n) is 7.97. The van der Waals surface area contributed by atoms with Crippen molar-refractivity contribution < 1.29 is 0 Å². The van der Waals surface area contributed by atoms with Crippen LogP contribution in [0.15, 0.2) is 18.2 Å². The van der Waals surface area contributed by atoms with Crippen molar-refractivity contribution in [2.45, 2.75) is 38.8 Å². The minimum atomic E-state index is 0.296. The van der Waals surface area contributed by atoms with Crippen molar-refractivity contribution in [1.82, 2.24) is 10.2 Å². The predicted octanol–water partition coefficient (Wildman–Crippen LogP) is 3.54. The van der Waals surface area contributed by atoms with Gasteiger partial charge in [-0.1, -0.05) is 24.6 Å². The molecule has 1 saturated heterocycles. The Morgan fingerprint density at radius 1 is 1.38 bits per heavy atom. The Balaban J connectivity index is 2.08. The Kier molecular flexibility index (Phi) is 5.91. The van der Waals surface area contributed by atoms with Crippen molar-refractivity contribution in [3.8, 4) is 0 Å². The van der Waals surface area contributed by atoms with Crippen LogP contribution in [0.2, 0.25) is 5.02 Å². The second-order valence-electron chi connectivity index (χ2n) is 6.13. The van der Waals surface area contributed by atoms with Gasteiger partial charge in [-0.25, -0.2) is 0 Å². The fraction of sp³-hybridized carbons (Fsp3) is 0.647. The summed E-state index contributed by atoms with van der Waals surface area (Å²) in [6.45, 7) is 7.59. The van der Waals surface area contributed by atoms with Gasteiger partial charge in [-0.15, -0.1) is 0 Å². The Bertz CT molecular complexity index is 455. The number of hydrogen-bond acceptors (Lipinski definition) is 3. The molecule has 21 heavy (non-hydrogen) atoms. The first-order valence-corrected chi connectivity index (χ1v) is 8.35. The lowest BCUT2D eigenvalue weighted by Gasteiger charge is -2.36. The van der Waals surface area contributed by atoms with Gasteiger partial charge < -0.3 is 15.1 Å². The Morgan fingerprint density at radius 3 is 2.62 bits per heavy atom. The number of benzene rings is 1. The summed E-state index contributed by atoms with van der Waals surface area (Å²) in [5, 5.41) is 4.28. The third-order valence-electron chi connectivity index (χ3n) is 4.60. The van der Waals surface area contributed by atoms with Crippen LogP contribution in [-0.4, -0.2) is 44.7 Å². The molecule has 1 fully saturated rings. The molecular weight excluding hydrogens is 282 g/mol. The molecule has 0 amide bonds. The number of halogens is 1. The molecule has 0 saturated carbocycles. The van der Waals surface area contributed by atoms with Gasteiger partial charge in [0, 0.05) is 29.8 Å². The second kappa shape index (κ2) is 7.48. The van der Waals surface area contributed by atoms with Crippen molar-refractivity contribution in [3.05, 3.63) is 28.8 Å². The molecule has 1 aromatic carbocycles. The van der Waals surface area contributed by atoms with E-state index in [4.69, 9.17) is 11.6 Å². The van der Waals surface area contributed by atoms with Gasteiger partial charge in [-0.3, -0.25) is 0 Å². The molecule has 0 bridgehead atoms. The molecule has 1 aromatic rings. The summed E-state index contributed by atoms with van der Waals surface area (Å²) in [7, 11) is 4.39. The largest absolute Gasteiger partial charge is 0.371 e. The van der Waals surface area contributed by atoms with Gasteiger partial charge in [-0.2, -0.15) is 0 Å². The van der Waals surface area contributed by atoms with Crippen LogP contribution in [-0.2, 0) is 0 Å². The van der Waals surface area contributed by atoms with Crippen molar-refractivity contribution in [3.63, 3.8) is 0 Å². The van der Waals surface area contributed by atoms with E-state index in [-0.39, 0.29) is 0 Å². The number of piperidine rings is 1. The molecule has 0 spiro atoms. The predicted molar refractivity (Wildman–Crippen MR) is 92.5 cm³/mol. The average molecular weight is 310 g/mol. The van der Waals surface area contributed by atoms with Crippen LogP contribution in [0.3, 0.4) is 0 Å². The summed E-state index contributed by atoms with van der Waals surface area (Å²) < 4.78 is 0. The minimum Gasteiger partial charge on any atom is -0.371 e. The first kappa shape index (κ1) is 16.6. The molecule has 1 aliphatic heterocycles. The highest BCUT2D eigenvalue weighted by atomic mass is 35.5. The first-order chi connectivity index (χ1) is 10.0. The number of nitrogens with zero attached hydrogens (tertiary/aromatic N) is 2. The molecule has 1 N–H and O–H groups in total. The third kappa shape index (κ3) is 4.12. The number of rotatable bonds is 5. The molecule has 1 heterocycles. The van der Waals surface area contributed by atoms with Crippen LogP contribution < -0.4 is 10.2 Å². The second-order valence-corrected chi connectivity index (χ2v) is 6.54. The third-order valence-corrected chi connectivity index (χ3v) is 4.93. The van der Waals surface area contributed by atoms with E-state index in [1.807, 2.05) is 0 Å². The summed E-state index contributed by atoms with van der Waals surface area (Å²) in [6.07, 6.45) is 2.44. The average Bonchev–Trinajstić information content (AvgIpc) is 2.47. The minimum absolute atomic E-state index is 0.296. The van der Waals surface area contributed by atoms with Crippen LogP contribution in [0.4, 0.5) is 5.69 Å². The van der Waals surface area contributed by atoms with Gasteiger partial charge in [0.05, 0.1) is 0 Å². The van der Waals surface area contributed by atoms with Gasteiger partial charge in [0.25, 0.3) is 0 Å². The molecule has 1 aliphatic rings. The SMILES string of the molecule is CCNC(C)c1ccc(N(C)C2CCN(C)CC2)cc1Cl. The van der Waals surface area contributed by atoms with Gasteiger partial charge in [0.1, 0.15) is 0 Å². The lowest BCUT2D eigenvalue weighted by Crippen LogP contribution is -2.42. The maximum Gasteiger partial charge on any atom is 0.0474 e. The van der Waals surface area contributed by atoms with Crippen molar-refractivity contribution in [1.29, 1.82) is 0 Å². The normalized spacial score (nSPS) is 18.7. The topological polar surface area (TPSA) is 18.5 Å². The zero-order valence-electron chi connectivity index (χ0n) is 13.7. The van der Waals surface area contributed by atoms with Crippen LogP contribution in [0.5, 0.6) is 0 Å². The van der Waals surface area contributed by atoms with E-state index in [0.29, 0.717) is 12.1 Å². The maximum absolute atomic E-state index is 6.49. The molecule has 118 valence electrons. The van der Waals surface area contributed by atoms with Crippen molar-refractivity contribution in [2.24, 2.45) is 0 Å². The van der Waals surface area contributed by atoms with Crippen LogP contribution in [0.1, 0.15) is 38.3 Å². The van der Waals surface area contributed by atoms with E-state index in [0.717, 1.165) is 11.6 Å². The van der Waals surface area contributed by atoms with Crippen LogP contribution in [0.25, 0.3) is 0 Å².